The Kier molecular flexibility index (Phi) is 9.32. The molecule has 6 heteroatoms. The molecule has 0 fully saturated rings. The van der Waals surface area contributed by atoms with Crippen LogP contribution in [0.5, 0.6) is 5.75 Å². The standard InChI is InChI=1S/C14H22ClNO4/c1-12-3-4-14(13(11-15)16-12)20-10-9-19-8-7-18-6-5-17-2/h3-4H,5-11H2,1-2H3. The monoisotopic (exact) mass is 303 g/mol. The summed E-state index contributed by atoms with van der Waals surface area (Å²) < 4.78 is 21.1. The van der Waals surface area contributed by atoms with Gasteiger partial charge < -0.3 is 18.9 Å². The van der Waals surface area contributed by atoms with Crippen LogP contribution in [0.1, 0.15) is 11.4 Å². The Balaban J connectivity index is 2.09. The summed E-state index contributed by atoms with van der Waals surface area (Å²) in [5, 5.41) is 0. The van der Waals surface area contributed by atoms with Crippen LogP contribution in [0.15, 0.2) is 12.1 Å². The molecule has 5 nitrogen and oxygen atoms in total. The number of methoxy groups -OCH3 is 1. The molecule has 1 aromatic heterocycles. The van der Waals surface area contributed by atoms with Crippen LogP contribution in [-0.4, -0.2) is 51.7 Å². The molecule has 0 N–H and O–H groups in total. The Hall–Kier alpha value is -0.880. The normalized spacial score (nSPS) is 10.8. The van der Waals surface area contributed by atoms with E-state index in [0.29, 0.717) is 51.3 Å². The van der Waals surface area contributed by atoms with Gasteiger partial charge in [-0.1, -0.05) is 0 Å². The topological polar surface area (TPSA) is 49.8 Å². The Morgan fingerprint density at radius 1 is 1.00 bits per heavy atom. The molecule has 0 bridgehead atoms. The second-order valence-corrected chi connectivity index (χ2v) is 4.36. The van der Waals surface area contributed by atoms with Crippen LogP contribution >= 0.6 is 11.6 Å². The van der Waals surface area contributed by atoms with Gasteiger partial charge in [0.2, 0.25) is 0 Å². The molecule has 0 unspecified atom stereocenters. The van der Waals surface area contributed by atoms with E-state index in [2.05, 4.69) is 4.98 Å². The fourth-order valence-corrected chi connectivity index (χ4v) is 1.69. The number of rotatable bonds is 11. The number of ether oxygens (including phenoxy) is 4. The molecule has 0 aliphatic heterocycles. The van der Waals surface area contributed by atoms with Crippen molar-refractivity contribution in [2.75, 3.05) is 46.8 Å². The smallest absolute Gasteiger partial charge is 0.142 e. The Morgan fingerprint density at radius 2 is 1.65 bits per heavy atom. The van der Waals surface area contributed by atoms with E-state index in [9.17, 15) is 0 Å². The van der Waals surface area contributed by atoms with Gasteiger partial charge in [-0.2, -0.15) is 0 Å². The van der Waals surface area contributed by atoms with Crippen molar-refractivity contribution in [3.8, 4) is 5.75 Å². The molecule has 0 saturated heterocycles. The number of hydrogen-bond donors (Lipinski definition) is 0. The fourth-order valence-electron chi connectivity index (χ4n) is 1.50. The third-order valence-electron chi connectivity index (χ3n) is 2.49. The van der Waals surface area contributed by atoms with Crippen LogP contribution in [-0.2, 0) is 20.1 Å². The van der Waals surface area contributed by atoms with Crippen LogP contribution in [0.2, 0.25) is 0 Å². The van der Waals surface area contributed by atoms with Crippen molar-refractivity contribution in [3.63, 3.8) is 0 Å². The fraction of sp³-hybridized carbons (Fsp3) is 0.643. The van der Waals surface area contributed by atoms with E-state index in [1.807, 2.05) is 19.1 Å². The lowest BCUT2D eigenvalue weighted by Gasteiger charge is -2.10. The predicted molar refractivity (Wildman–Crippen MR) is 77.5 cm³/mol. The zero-order valence-corrected chi connectivity index (χ0v) is 12.8. The van der Waals surface area contributed by atoms with Crippen molar-refractivity contribution < 1.29 is 18.9 Å². The van der Waals surface area contributed by atoms with E-state index >= 15 is 0 Å². The molecular formula is C14H22ClNO4. The first-order chi connectivity index (χ1) is 9.77. The molecule has 0 amide bonds. The zero-order chi connectivity index (χ0) is 14.6. The average molecular weight is 304 g/mol. The molecule has 1 heterocycles. The Bertz CT molecular complexity index is 376. The van der Waals surface area contributed by atoms with E-state index in [0.717, 1.165) is 11.4 Å². The van der Waals surface area contributed by atoms with Crippen LogP contribution in [0.25, 0.3) is 0 Å². The molecular weight excluding hydrogens is 282 g/mol. The highest BCUT2D eigenvalue weighted by Gasteiger charge is 2.04. The third kappa shape index (κ3) is 7.05. The van der Waals surface area contributed by atoms with Gasteiger partial charge in [0.1, 0.15) is 12.4 Å². The van der Waals surface area contributed by atoms with Gasteiger partial charge in [0.15, 0.2) is 0 Å². The molecule has 0 spiro atoms. The molecule has 1 rings (SSSR count). The van der Waals surface area contributed by atoms with Gasteiger partial charge in [0.05, 0.1) is 44.6 Å². The number of aromatic nitrogens is 1. The lowest BCUT2D eigenvalue weighted by molar-refractivity contribution is 0.0179. The number of halogens is 1. The first-order valence-electron chi connectivity index (χ1n) is 6.57. The second-order valence-electron chi connectivity index (χ2n) is 4.10. The van der Waals surface area contributed by atoms with Crippen LogP contribution in [0, 0.1) is 6.92 Å². The summed E-state index contributed by atoms with van der Waals surface area (Å²) >= 11 is 5.83. The molecule has 1 aromatic rings. The van der Waals surface area contributed by atoms with Gasteiger partial charge in [0, 0.05) is 12.8 Å². The van der Waals surface area contributed by atoms with Crippen molar-refractivity contribution in [2.24, 2.45) is 0 Å². The molecule has 0 aromatic carbocycles. The number of nitrogens with zero attached hydrogens (tertiary/aromatic N) is 1. The van der Waals surface area contributed by atoms with Gasteiger partial charge in [-0.3, -0.25) is 4.98 Å². The first-order valence-corrected chi connectivity index (χ1v) is 7.11. The lowest BCUT2D eigenvalue weighted by Crippen LogP contribution is -2.13. The Morgan fingerprint density at radius 3 is 2.30 bits per heavy atom. The van der Waals surface area contributed by atoms with E-state index in [-0.39, 0.29) is 0 Å². The highest BCUT2D eigenvalue weighted by molar-refractivity contribution is 6.17. The number of pyridine rings is 1. The summed E-state index contributed by atoms with van der Waals surface area (Å²) in [7, 11) is 1.65. The predicted octanol–water partition coefficient (Wildman–Crippen LogP) is 2.19. The lowest BCUT2D eigenvalue weighted by atomic mass is 10.3. The van der Waals surface area contributed by atoms with Crippen LogP contribution in [0.4, 0.5) is 0 Å². The van der Waals surface area contributed by atoms with E-state index < -0.39 is 0 Å². The molecule has 0 saturated carbocycles. The van der Waals surface area contributed by atoms with Crippen molar-refractivity contribution >= 4 is 11.6 Å². The maximum Gasteiger partial charge on any atom is 0.142 e. The highest BCUT2D eigenvalue weighted by atomic mass is 35.5. The maximum atomic E-state index is 5.83. The summed E-state index contributed by atoms with van der Waals surface area (Å²) in [4.78, 5) is 4.32. The largest absolute Gasteiger partial charge is 0.489 e. The van der Waals surface area contributed by atoms with Gasteiger partial charge >= 0.3 is 0 Å². The molecule has 0 radical (unpaired) electrons. The molecule has 0 aliphatic carbocycles. The van der Waals surface area contributed by atoms with E-state index in [4.69, 9.17) is 30.5 Å². The summed E-state index contributed by atoms with van der Waals surface area (Å²) in [6.45, 7) is 5.18. The van der Waals surface area contributed by atoms with Crippen molar-refractivity contribution in [2.45, 2.75) is 12.8 Å². The summed E-state index contributed by atoms with van der Waals surface area (Å²) in [5.74, 6) is 1.05. The van der Waals surface area contributed by atoms with Gasteiger partial charge in [-0.25, -0.2) is 0 Å². The van der Waals surface area contributed by atoms with E-state index in [1.165, 1.54) is 0 Å². The summed E-state index contributed by atoms with van der Waals surface area (Å²) in [5.41, 5.74) is 1.69. The molecule has 114 valence electrons. The van der Waals surface area contributed by atoms with Crippen molar-refractivity contribution in [1.82, 2.24) is 4.98 Å². The average Bonchev–Trinajstić information content (AvgIpc) is 2.46. The minimum atomic E-state index is 0.339. The van der Waals surface area contributed by atoms with Crippen molar-refractivity contribution in [1.29, 1.82) is 0 Å². The molecule has 0 aliphatic rings. The minimum Gasteiger partial charge on any atom is -0.489 e. The SMILES string of the molecule is COCCOCCOCCOc1ccc(C)nc1CCl. The summed E-state index contributed by atoms with van der Waals surface area (Å²) in [6, 6.07) is 3.78. The number of alkyl halides is 1. The van der Waals surface area contributed by atoms with Gasteiger partial charge in [-0.05, 0) is 19.1 Å². The molecule has 20 heavy (non-hydrogen) atoms. The minimum absolute atomic E-state index is 0.339. The second kappa shape index (κ2) is 10.9. The highest BCUT2D eigenvalue weighted by Crippen LogP contribution is 2.18. The maximum absolute atomic E-state index is 5.83. The number of hydrogen-bond acceptors (Lipinski definition) is 5. The quantitative estimate of drug-likeness (QED) is 0.463. The number of aryl methyl sites for hydroxylation is 1. The van der Waals surface area contributed by atoms with Gasteiger partial charge in [0.25, 0.3) is 0 Å². The van der Waals surface area contributed by atoms with E-state index in [1.54, 1.807) is 7.11 Å². The molecule has 0 atom stereocenters. The first kappa shape index (κ1) is 17.2. The zero-order valence-electron chi connectivity index (χ0n) is 12.1. The summed E-state index contributed by atoms with van der Waals surface area (Å²) in [6.07, 6.45) is 0. The third-order valence-corrected chi connectivity index (χ3v) is 2.74. The van der Waals surface area contributed by atoms with Crippen molar-refractivity contribution in [3.05, 3.63) is 23.5 Å². The van der Waals surface area contributed by atoms with Gasteiger partial charge in [-0.15, -0.1) is 11.6 Å². The van der Waals surface area contributed by atoms with Crippen LogP contribution < -0.4 is 4.74 Å². The van der Waals surface area contributed by atoms with Crippen LogP contribution in [0.3, 0.4) is 0 Å². The Labute approximate surface area is 125 Å².